The number of fused-ring (bicyclic) bond motifs is 1. The van der Waals surface area contributed by atoms with Gasteiger partial charge in [-0.15, -0.1) is 0 Å². The summed E-state index contributed by atoms with van der Waals surface area (Å²) in [7, 11) is 0. The van der Waals surface area contributed by atoms with Crippen molar-refractivity contribution in [2.75, 3.05) is 19.8 Å². The maximum Gasteiger partial charge on any atom is 0.325 e. The Labute approximate surface area is 180 Å². The van der Waals surface area contributed by atoms with Gasteiger partial charge in [0.1, 0.15) is 18.8 Å². The quantitative estimate of drug-likeness (QED) is 0.590. The largest absolute Gasteiger partial charge is 0.486 e. The van der Waals surface area contributed by atoms with Gasteiger partial charge >= 0.3 is 6.03 Å². The number of hydrogen-bond donors (Lipinski definition) is 1. The van der Waals surface area contributed by atoms with E-state index in [4.69, 9.17) is 9.47 Å². The molecule has 1 atom stereocenters. The molecule has 1 N–H and O–H groups in total. The van der Waals surface area contributed by atoms with Crippen LogP contribution in [-0.4, -0.2) is 52.5 Å². The number of Topliss-reactive ketones (excluding diaryl/α,β-unsaturated/α-hetero) is 1. The van der Waals surface area contributed by atoms with Crippen LogP contribution in [-0.2, 0) is 4.79 Å². The Kier molecular flexibility index (Phi) is 4.35. The molecule has 2 fully saturated rings. The molecule has 1 aromatic heterocycles. The minimum absolute atomic E-state index is 0.157. The van der Waals surface area contributed by atoms with Crippen LogP contribution in [0.3, 0.4) is 0 Å². The van der Waals surface area contributed by atoms with Crippen molar-refractivity contribution in [2.45, 2.75) is 39.2 Å². The summed E-state index contributed by atoms with van der Waals surface area (Å²) in [6.07, 6.45) is 1.84. The zero-order chi connectivity index (χ0) is 21.9. The number of hydrogen-bond acceptors (Lipinski definition) is 5. The number of nitrogens with zero attached hydrogens (tertiary/aromatic N) is 2. The van der Waals surface area contributed by atoms with Crippen LogP contribution in [0.1, 0.15) is 41.5 Å². The topological polar surface area (TPSA) is 89.9 Å². The normalized spacial score (nSPS) is 22.6. The van der Waals surface area contributed by atoms with Crippen molar-refractivity contribution in [1.82, 2.24) is 14.8 Å². The molecular formula is C23H25N3O5. The average Bonchev–Trinajstić information content (AvgIpc) is 3.53. The average molecular weight is 423 g/mol. The second-order valence-electron chi connectivity index (χ2n) is 8.67. The fourth-order valence-electron chi connectivity index (χ4n) is 4.64. The van der Waals surface area contributed by atoms with Crippen molar-refractivity contribution in [3.8, 4) is 17.2 Å². The van der Waals surface area contributed by atoms with Gasteiger partial charge in [-0.1, -0.05) is 0 Å². The minimum atomic E-state index is -0.889. The molecule has 3 heterocycles. The van der Waals surface area contributed by atoms with Crippen molar-refractivity contribution in [3.63, 3.8) is 0 Å². The lowest BCUT2D eigenvalue weighted by atomic mass is 9.96. The van der Waals surface area contributed by atoms with Gasteiger partial charge in [0, 0.05) is 28.7 Å². The van der Waals surface area contributed by atoms with Crippen molar-refractivity contribution < 1.29 is 23.9 Å². The van der Waals surface area contributed by atoms with Gasteiger partial charge in [-0.3, -0.25) is 14.5 Å². The van der Waals surface area contributed by atoms with Crippen LogP contribution in [0.25, 0.3) is 5.69 Å². The smallest absolute Gasteiger partial charge is 0.325 e. The molecule has 1 saturated carbocycles. The fraction of sp³-hybridized carbons (Fsp3) is 0.435. The number of benzene rings is 1. The number of ketones is 1. The molecule has 31 heavy (non-hydrogen) atoms. The predicted molar refractivity (Wildman–Crippen MR) is 112 cm³/mol. The van der Waals surface area contributed by atoms with Crippen LogP contribution in [0.5, 0.6) is 11.5 Å². The maximum absolute atomic E-state index is 13.1. The Morgan fingerprint density at radius 3 is 2.55 bits per heavy atom. The first-order chi connectivity index (χ1) is 14.8. The molecule has 3 aliphatic rings. The van der Waals surface area contributed by atoms with E-state index in [2.05, 4.69) is 5.32 Å². The van der Waals surface area contributed by atoms with E-state index < -0.39 is 11.6 Å². The molecule has 162 valence electrons. The van der Waals surface area contributed by atoms with Gasteiger partial charge in [-0.05, 0) is 57.7 Å². The summed E-state index contributed by atoms with van der Waals surface area (Å²) in [6.45, 7) is 6.28. The molecule has 0 radical (unpaired) electrons. The summed E-state index contributed by atoms with van der Waals surface area (Å²) in [4.78, 5) is 39.4. The lowest BCUT2D eigenvalue weighted by Crippen LogP contribution is -2.46. The van der Waals surface area contributed by atoms with E-state index in [1.807, 2.05) is 36.6 Å². The molecule has 1 aliphatic carbocycles. The van der Waals surface area contributed by atoms with Crippen molar-refractivity contribution in [2.24, 2.45) is 5.92 Å². The number of carbonyl (C=O) groups is 3. The molecule has 5 rings (SSSR count). The Bertz CT molecular complexity index is 1120. The monoisotopic (exact) mass is 423 g/mol. The van der Waals surface area contributed by atoms with Crippen molar-refractivity contribution in [3.05, 3.63) is 41.2 Å². The standard InChI is InChI=1S/C23H25N3O5/c1-13-10-17(14(2)26(13)16-6-7-19-20(11-16)31-9-8-30-19)18(27)12-25-21(28)23(3,15-4-5-15)24-22(25)29/h6-7,10-11,15H,4-5,8-9,12H2,1-3H3,(H,24,29). The van der Waals surface area contributed by atoms with E-state index in [1.165, 1.54) is 0 Å². The molecule has 3 amide bonds. The molecule has 2 aromatic rings. The van der Waals surface area contributed by atoms with Gasteiger partial charge in [0.2, 0.25) is 0 Å². The van der Waals surface area contributed by atoms with Crippen LogP contribution >= 0.6 is 0 Å². The number of aryl methyl sites for hydroxylation is 1. The van der Waals surface area contributed by atoms with Gasteiger partial charge < -0.3 is 19.4 Å². The molecule has 0 spiro atoms. The van der Waals surface area contributed by atoms with Crippen LogP contribution in [0.2, 0.25) is 0 Å². The fourth-order valence-corrected chi connectivity index (χ4v) is 4.64. The molecular weight excluding hydrogens is 398 g/mol. The predicted octanol–water partition coefficient (Wildman–Crippen LogP) is 2.77. The highest BCUT2D eigenvalue weighted by Gasteiger charge is 2.56. The number of aromatic nitrogens is 1. The lowest BCUT2D eigenvalue weighted by molar-refractivity contribution is -0.131. The van der Waals surface area contributed by atoms with Crippen molar-refractivity contribution >= 4 is 17.7 Å². The number of rotatable bonds is 5. The van der Waals surface area contributed by atoms with E-state index in [1.54, 1.807) is 13.0 Å². The molecule has 2 aliphatic heterocycles. The third kappa shape index (κ3) is 3.08. The number of carbonyl (C=O) groups excluding carboxylic acids is 3. The Hall–Kier alpha value is -3.29. The summed E-state index contributed by atoms with van der Waals surface area (Å²) in [5, 5.41) is 2.79. The summed E-state index contributed by atoms with van der Waals surface area (Å²) in [5.41, 5.74) is 2.08. The second kappa shape index (κ2) is 6.87. The van der Waals surface area contributed by atoms with E-state index >= 15 is 0 Å². The summed E-state index contributed by atoms with van der Waals surface area (Å²) in [6, 6.07) is 6.97. The molecule has 1 saturated heterocycles. The third-order valence-corrected chi connectivity index (χ3v) is 6.51. The first kappa shape index (κ1) is 19.7. The van der Waals surface area contributed by atoms with Gasteiger partial charge in [0.25, 0.3) is 5.91 Å². The SMILES string of the molecule is Cc1cc(C(=O)CN2C(=O)NC(C)(C3CC3)C2=O)c(C)n1-c1ccc2c(c1)OCCO2. The second-order valence-corrected chi connectivity index (χ2v) is 8.67. The lowest BCUT2D eigenvalue weighted by Gasteiger charge is -2.20. The van der Waals surface area contributed by atoms with Crippen molar-refractivity contribution in [1.29, 1.82) is 0 Å². The first-order valence-electron chi connectivity index (χ1n) is 10.6. The summed E-state index contributed by atoms with van der Waals surface area (Å²) < 4.78 is 13.2. The van der Waals surface area contributed by atoms with Crippen LogP contribution in [0.15, 0.2) is 24.3 Å². The first-order valence-corrected chi connectivity index (χ1v) is 10.6. The molecule has 1 aromatic carbocycles. The van der Waals surface area contributed by atoms with Gasteiger partial charge in [0.15, 0.2) is 17.3 Å². The molecule has 1 unspecified atom stereocenters. The zero-order valence-electron chi connectivity index (χ0n) is 17.9. The number of urea groups is 1. The number of imide groups is 1. The maximum atomic E-state index is 13.1. The van der Waals surface area contributed by atoms with Crippen LogP contribution < -0.4 is 14.8 Å². The molecule has 8 nitrogen and oxygen atoms in total. The van der Waals surface area contributed by atoms with E-state index in [0.29, 0.717) is 30.3 Å². The molecule has 0 bridgehead atoms. The van der Waals surface area contributed by atoms with Gasteiger partial charge in [-0.2, -0.15) is 0 Å². The zero-order valence-corrected chi connectivity index (χ0v) is 17.9. The third-order valence-electron chi connectivity index (χ3n) is 6.51. The minimum Gasteiger partial charge on any atom is -0.486 e. The van der Waals surface area contributed by atoms with E-state index in [9.17, 15) is 14.4 Å². The Morgan fingerprint density at radius 2 is 1.84 bits per heavy atom. The highest BCUT2D eigenvalue weighted by Crippen LogP contribution is 2.42. The van der Waals surface area contributed by atoms with E-state index in [0.717, 1.165) is 34.8 Å². The van der Waals surface area contributed by atoms with Gasteiger partial charge in [0.05, 0.1) is 6.54 Å². The number of ether oxygens (including phenoxy) is 2. The highest BCUT2D eigenvalue weighted by atomic mass is 16.6. The summed E-state index contributed by atoms with van der Waals surface area (Å²) >= 11 is 0. The van der Waals surface area contributed by atoms with E-state index in [-0.39, 0.29) is 24.2 Å². The molecule has 8 heteroatoms. The Morgan fingerprint density at radius 1 is 1.13 bits per heavy atom. The number of amides is 3. The number of nitrogens with one attached hydrogen (secondary N) is 1. The van der Waals surface area contributed by atoms with Gasteiger partial charge in [-0.25, -0.2) is 4.79 Å². The summed E-state index contributed by atoms with van der Waals surface area (Å²) in [5.74, 6) is 0.951. The van der Waals surface area contributed by atoms with Crippen LogP contribution in [0.4, 0.5) is 4.79 Å². The highest BCUT2D eigenvalue weighted by molar-refractivity contribution is 6.11. The van der Waals surface area contributed by atoms with Crippen LogP contribution in [0, 0.1) is 19.8 Å². The Balaban J connectivity index is 1.41.